The summed E-state index contributed by atoms with van der Waals surface area (Å²) in [6.07, 6.45) is 3.63. The number of nitrogens with zero attached hydrogens (tertiary/aromatic N) is 3. The number of nitrogens with two attached hydrogens (primary N) is 2. The molecule has 4 N–H and O–H groups in total. The van der Waals surface area contributed by atoms with Crippen LogP contribution in [0.25, 0.3) is 16.7 Å². The summed E-state index contributed by atoms with van der Waals surface area (Å²) in [4.78, 5) is 17.8. The van der Waals surface area contributed by atoms with Crippen LogP contribution in [0.15, 0.2) is 29.2 Å². The normalized spacial score (nSPS) is 11.2. The number of unbranched alkanes of at least 4 members (excludes halogenated alkanes) is 1. The van der Waals surface area contributed by atoms with Gasteiger partial charge >= 0.3 is 0 Å². The average molecular weight is 342 g/mol. The lowest BCUT2D eigenvalue weighted by atomic mass is 10.1. The minimum absolute atomic E-state index is 0.151. The number of fused-ring (bicyclic) bond motifs is 2. The van der Waals surface area contributed by atoms with E-state index in [-0.39, 0.29) is 10.5 Å². The number of pyridine rings is 2. The predicted octanol–water partition coefficient (Wildman–Crippen LogP) is 1.46. The molecule has 0 saturated carbocycles. The predicted molar refractivity (Wildman–Crippen MR) is 99.1 cm³/mol. The van der Waals surface area contributed by atoms with Gasteiger partial charge in [0.2, 0.25) is 11.5 Å². The number of hydrogen-bond donors (Lipinski definition) is 2. The molecule has 0 fully saturated rings. The van der Waals surface area contributed by atoms with E-state index in [4.69, 9.17) is 28.7 Å². The summed E-state index contributed by atoms with van der Waals surface area (Å²) in [5.74, 6) is 0.452. The summed E-state index contributed by atoms with van der Waals surface area (Å²) in [6, 6.07) is 5.41. The smallest absolute Gasteiger partial charge is 0.278 e. The average Bonchev–Trinajstić information content (AvgIpc) is 2.55. The third-order valence-electron chi connectivity index (χ3n) is 4.18. The van der Waals surface area contributed by atoms with Crippen LogP contribution in [0.5, 0.6) is 0 Å². The van der Waals surface area contributed by atoms with Crippen molar-refractivity contribution in [3.8, 4) is 0 Å². The van der Waals surface area contributed by atoms with Gasteiger partial charge in [-0.1, -0.05) is 36.6 Å². The Morgan fingerprint density at radius 2 is 2.21 bits per heavy atom. The second kappa shape index (κ2) is 6.16. The minimum atomic E-state index is -0.151. The Balaban J connectivity index is 2.50. The Hall–Kier alpha value is -2.54. The van der Waals surface area contributed by atoms with Crippen LogP contribution in [0.4, 0.5) is 5.82 Å². The lowest BCUT2D eigenvalue weighted by molar-refractivity contribution is -0.659. The zero-order valence-corrected chi connectivity index (χ0v) is 14.6. The first kappa shape index (κ1) is 16.3. The zero-order chi connectivity index (χ0) is 17.4. The molecule has 24 heavy (non-hydrogen) atoms. The van der Waals surface area contributed by atoms with Gasteiger partial charge in [-0.05, 0) is 25.5 Å². The Kier molecular flexibility index (Phi) is 4.19. The molecule has 6 nitrogen and oxygen atoms in total. The lowest BCUT2D eigenvalue weighted by Crippen LogP contribution is -2.42. The molecular weight excluding hydrogens is 322 g/mol. The van der Waals surface area contributed by atoms with Gasteiger partial charge in [-0.25, -0.2) is 4.57 Å². The fraction of sp³-hybridized carbons (Fsp3) is 0.294. The Labute approximate surface area is 144 Å². The summed E-state index contributed by atoms with van der Waals surface area (Å²) >= 11 is 5.10. The van der Waals surface area contributed by atoms with Crippen molar-refractivity contribution in [2.24, 2.45) is 5.73 Å². The van der Waals surface area contributed by atoms with E-state index in [1.165, 1.54) is 0 Å². The molecule has 0 atom stereocenters. The number of hydrogen-bond acceptors (Lipinski definition) is 4. The maximum atomic E-state index is 12.9. The number of aromatic nitrogens is 3. The van der Waals surface area contributed by atoms with E-state index in [9.17, 15) is 4.79 Å². The SMILES string of the molecule is CCCC[n+]1c(N)c(C(N)=S)cc2c(=O)n3cccc(C)c3nc21. The topological polar surface area (TPSA) is 90.3 Å². The Morgan fingerprint density at radius 1 is 1.46 bits per heavy atom. The minimum Gasteiger partial charge on any atom is -0.389 e. The van der Waals surface area contributed by atoms with Gasteiger partial charge in [0.1, 0.15) is 10.4 Å². The van der Waals surface area contributed by atoms with Crippen molar-refractivity contribution in [3.05, 3.63) is 45.9 Å². The monoisotopic (exact) mass is 342 g/mol. The van der Waals surface area contributed by atoms with Gasteiger partial charge in [0, 0.05) is 11.8 Å². The molecule has 0 aliphatic carbocycles. The van der Waals surface area contributed by atoms with Gasteiger partial charge in [-0.15, -0.1) is 0 Å². The van der Waals surface area contributed by atoms with Crippen LogP contribution in [-0.2, 0) is 6.54 Å². The first-order valence-corrected chi connectivity index (χ1v) is 8.30. The first-order valence-electron chi connectivity index (χ1n) is 7.89. The number of anilines is 1. The number of thiocarbonyl (C=S) groups is 1. The van der Waals surface area contributed by atoms with E-state index < -0.39 is 0 Å². The Bertz CT molecular complexity index is 1030. The van der Waals surface area contributed by atoms with E-state index in [0.29, 0.717) is 34.6 Å². The summed E-state index contributed by atoms with van der Waals surface area (Å²) < 4.78 is 3.39. The molecule has 0 unspecified atom stereocenters. The van der Waals surface area contributed by atoms with E-state index in [1.807, 2.05) is 23.6 Å². The molecule has 124 valence electrons. The van der Waals surface area contributed by atoms with Crippen molar-refractivity contribution < 1.29 is 4.57 Å². The molecule has 0 aliphatic heterocycles. The van der Waals surface area contributed by atoms with E-state index in [1.54, 1.807) is 16.7 Å². The first-order chi connectivity index (χ1) is 11.5. The van der Waals surface area contributed by atoms with Crippen molar-refractivity contribution in [1.82, 2.24) is 9.38 Å². The van der Waals surface area contributed by atoms with E-state index >= 15 is 0 Å². The van der Waals surface area contributed by atoms with Crippen LogP contribution in [-0.4, -0.2) is 14.4 Å². The lowest BCUT2D eigenvalue weighted by Gasteiger charge is -2.11. The van der Waals surface area contributed by atoms with Crippen molar-refractivity contribution >= 4 is 39.7 Å². The molecule has 0 amide bonds. The quantitative estimate of drug-likeness (QED) is 0.426. The third kappa shape index (κ3) is 2.50. The molecule has 0 aromatic carbocycles. The molecule has 3 heterocycles. The van der Waals surface area contributed by atoms with Crippen molar-refractivity contribution in [2.45, 2.75) is 33.2 Å². The molecule has 0 spiro atoms. The number of rotatable bonds is 4. The van der Waals surface area contributed by atoms with Crippen molar-refractivity contribution in [1.29, 1.82) is 0 Å². The molecule has 7 heteroatoms. The molecule has 0 radical (unpaired) electrons. The molecule has 0 aliphatic rings. The zero-order valence-electron chi connectivity index (χ0n) is 13.7. The highest BCUT2D eigenvalue weighted by atomic mass is 32.1. The van der Waals surface area contributed by atoms with Gasteiger partial charge in [-0.2, -0.15) is 0 Å². The van der Waals surface area contributed by atoms with Crippen LogP contribution in [0.3, 0.4) is 0 Å². The van der Waals surface area contributed by atoms with Crippen molar-refractivity contribution in [3.63, 3.8) is 0 Å². The van der Waals surface area contributed by atoms with Gasteiger partial charge < -0.3 is 11.5 Å². The van der Waals surface area contributed by atoms with Crippen LogP contribution >= 0.6 is 12.2 Å². The maximum Gasteiger partial charge on any atom is 0.278 e. The molecule has 0 bridgehead atoms. The van der Waals surface area contributed by atoms with E-state index in [2.05, 4.69) is 6.92 Å². The Morgan fingerprint density at radius 3 is 2.88 bits per heavy atom. The molecule has 3 rings (SSSR count). The molecule has 0 saturated heterocycles. The number of aryl methyl sites for hydroxylation is 2. The molecule has 3 aromatic heterocycles. The van der Waals surface area contributed by atoms with Gasteiger partial charge in [0.05, 0.1) is 12.1 Å². The summed E-state index contributed by atoms with van der Waals surface area (Å²) in [6.45, 7) is 4.68. The molecular formula is C17H20N5OS+. The second-order valence-electron chi connectivity index (χ2n) is 5.85. The summed E-state index contributed by atoms with van der Waals surface area (Å²) in [5, 5.41) is 0.464. The third-order valence-corrected chi connectivity index (χ3v) is 4.40. The molecule has 3 aromatic rings. The highest BCUT2D eigenvalue weighted by molar-refractivity contribution is 7.80. The highest BCUT2D eigenvalue weighted by Gasteiger charge is 2.22. The van der Waals surface area contributed by atoms with Crippen LogP contribution < -0.4 is 21.6 Å². The standard InChI is InChI=1S/C17H19N5OS/c1-3-4-7-21-13(18)11(14(19)24)9-12-16(21)20-15-10(2)6-5-8-22(15)17(12)23/h5-6,8-9,18H,3-4,7H2,1-2H3,(H2,19,24)/p+1. The summed E-state index contributed by atoms with van der Waals surface area (Å²) in [7, 11) is 0. The van der Waals surface area contributed by atoms with Gasteiger partial charge in [0.25, 0.3) is 11.2 Å². The fourth-order valence-electron chi connectivity index (χ4n) is 2.85. The largest absolute Gasteiger partial charge is 0.389 e. The van der Waals surface area contributed by atoms with Crippen LogP contribution in [0.1, 0.15) is 30.9 Å². The van der Waals surface area contributed by atoms with Gasteiger partial charge in [-0.3, -0.25) is 9.20 Å². The number of nitrogen functional groups attached to an aromatic ring is 1. The van der Waals surface area contributed by atoms with Gasteiger partial charge in [0.15, 0.2) is 0 Å². The summed E-state index contributed by atoms with van der Waals surface area (Å²) in [5.41, 5.74) is 14.6. The highest BCUT2D eigenvalue weighted by Crippen LogP contribution is 2.16. The van der Waals surface area contributed by atoms with Crippen LogP contribution in [0.2, 0.25) is 0 Å². The van der Waals surface area contributed by atoms with E-state index in [0.717, 1.165) is 18.4 Å². The van der Waals surface area contributed by atoms with Crippen molar-refractivity contribution in [2.75, 3.05) is 5.73 Å². The maximum absolute atomic E-state index is 12.9. The van der Waals surface area contributed by atoms with Crippen LogP contribution in [0, 0.1) is 6.92 Å². The fourth-order valence-corrected chi connectivity index (χ4v) is 3.01. The second-order valence-corrected chi connectivity index (χ2v) is 6.29.